The number of anilines is 2. The summed E-state index contributed by atoms with van der Waals surface area (Å²) < 4.78 is 1.96. The first-order valence-electron chi connectivity index (χ1n) is 8.98. The second kappa shape index (κ2) is 9.62. The molecule has 1 heterocycles. The van der Waals surface area contributed by atoms with Crippen LogP contribution < -0.4 is 10.2 Å². The highest BCUT2D eigenvalue weighted by molar-refractivity contribution is 7.99. The van der Waals surface area contributed by atoms with Crippen LogP contribution in [0.2, 0.25) is 5.02 Å². The minimum atomic E-state index is -0.123. The molecule has 0 radical (unpaired) electrons. The van der Waals surface area contributed by atoms with Gasteiger partial charge in [0.15, 0.2) is 11.0 Å². The Kier molecular flexibility index (Phi) is 6.95. The van der Waals surface area contributed by atoms with Crippen molar-refractivity contribution < 1.29 is 4.79 Å². The lowest BCUT2D eigenvalue weighted by Gasteiger charge is -2.13. The van der Waals surface area contributed by atoms with Gasteiger partial charge in [-0.2, -0.15) is 0 Å². The van der Waals surface area contributed by atoms with Gasteiger partial charge in [0.2, 0.25) is 5.91 Å². The van der Waals surface area contributed by atoms with Crippen LogP contribution in [0.25, 0.3) is 11.4 Å². The van der Waals surface area contributed by atoms with Gasteiger partial charge in [0.05, 0.1) is 5.75 Å². The fourth-order valence-corrected chi connectivity index (χ4v) is 3.55. The lowest BCUT2D eigenvalue weighted by Crippen LogP contribution is -2.14. The Morgan fingerprint density at radius 1 is 1.17 bits per heavy atom. The van der Waals surface area contributed by atoms with Gasteiger partial charge in [-0.15, -0.1) is 16.8 Å². The largest absolute Gasteiger partial charge is 0.378 e. The van der Waals surface area contributed by atoms with E-state index in [1.165, 1.54) is 11.8 Å². The zero-order valence-electron chi connectivity index (χ0n) is 16.3. The fourth-order valence-electron chi connectivity index (χ4n) is 2.67. The summed E-state index contributed by atoms with van der Waals surface area (Å²) in [6.07, 6.45) is 1.79. The number of halogens is 1. The normalized spacial score (nSPS) is 10.6. The number of carbonyl (C=O) groups is 1. The Morgan fingerprint density at radius 3 is 2.48 bits per heavy atom. The maximum atomic E-state index is 12.3. The van der Waals surface area contributed by atoms with Gasteiger partial charge in [0, 0.05) is 42.6 Å². The van der Waals surface area contributed by atoms with E-state index in [1.54, 1.807) is 30.3 Å². The first-order valence-corrected chi connectivity index (χ1v) is 10.3. The predicted octanol–water partition coefficient (Wildman–Crippen LogP) is 4.58. The lowest BCUT2D eigenvalue weighted by molar-refractivity contribution is -0.113. The highest BCUT2D eigenvalue weighted by Crippen LogP contribution is 2.26. The number of amides is 1. The third kappa shape index (κ3) is 5.40. The third-order valence-corrected chi connectivity index (χ3v) is 5.35. The van der Waals surface area contributed by atoms with Crippen molar-refractivity contribution in [2.75, 3.05) is 30.1 Å². The van der Waals surface area contributed by atoms with E-state index in [9.17, 15) is 4.79 Å². The van der Waals surface area contributed by atoms with Crippen LogP contribution in [0.1, 0.15) is 0 Å². The number of thioether (sulfide) groups is 1. The van der Waals surface area contributed by atoms with E-state index in [2.05, 4.69) is 22.1 Å². The fraction of sp³-hybridized carbons (Fsp3) is 0.190. The average Bonchev–Trinajstić information content (AvgIpc) is 3.11. The Labute approximate surface area is 179 Å². The number of hydrogen-bond acceptors (Lipinski definition) is 5. The molecule has 0 spiro atoms. The Morgan fingerprint density at radius 2 is 1.86 bits per heavy atom. The van der Waals surface area contributed by atoms with E-state index in [0.29, 0.717) is 22.4 Å². The van der Waals surface area contributed by atoms with Gasteiger partial charge >= 0.3 is 0 Å². The number of carbonyl (C=O) groups excluding carboxylic acids is 1. The van der Waals surface area contributed by atoms with E-state index in [1.807, 2.05) is 47.8 Å². The number of hydrogen-bond donors (Lipinski definition) is 1. The number of benzene rings is 2. The molecule has 0 aliphatic rings. The Balaban J connectivity index is 1.71. The van der Waals surface area contributed by atoms with Crippen molar-refractivity contribution in [1.82, 2.24) is 14.8 Å². The molecule has 8 heteroatoms. The molecular weight excluding hydrogens is 406 g/mol. The van der Waals surface area contributed by atoms with Crippen molar-refractivity contribution in [2.45, 2.75) is 11.7 Å². The molecule has 1 amide bonds. The zero-order valence-corrected chi connectivity index (χ0v) is 17.9. The van der Waals surface area contributed by atoms with Crippen molar-refractivity contribution in [3.05, 3.63) is 66.2 Å². The predicted molar refractivity (Wildman–Crippen MR) is 121 cm³/mol. The number of nitrogens with zero attached hydrogens (tertiary/aromatic N) is 4. The Bertz CT molecular complexity index is 983. The summed E-state index contributed by atoms with van der Waals surface area (Å²) in [5.74, 6) is 0.843. The second-order valence-corrected chi connectivity index (χ2v) is 7.87. The van der Waals surface area contributed by atoms with Gasteiger partial charge in [0.25, 0.3) is 0 Å². The van der Waals surface area contributed by atoms with Crippen LogP contribution in [0, 0.1) is 0 Å². The maximum Gasteiger partial charge on any atom is 0.234 e. The van der Waals surface area contributed by atoms with Crippen molar-refractivity contribution in [3.8, 4) is 11.4 Å². The molecule has 2 aromatic carbocycles. The monoisotopic (exact) mass is 427 g/mol. The number of rotatable bonds is 8. The molecule has 29 heavy (non-hydrogen) atoms. The molecule has 0 unspecified atom stereocenters. The first-order chi connectivity index (χ1) is 14.0. The summed E-state index contributed by atoms with van der Waals surface area (Å²) in [7, 11) is 4.00. The SMILES string of the molecule is C=CCn1c(SCC(=O)Nc2ccc(Cl)cc2)nnc1-c1ccc(N(C)C)cc1. The lowest BCUT2D eigenvalue weighted by atomic mass is 10.2. The highest BCUT2D eigenvalue weighted by atomic mass is 35.5. The van der Waals surface area contributed by atoms with Crippen molar-refractivity contribution in [1.29, 1.82) is 0 Å². The van der Waals surface area contributed by atoms with E-state index in [-0.39, 0.29) is 11.7 Å². The minimum absolute atomic E-state index is 0.123. The van der Waals surface area contributed by atoms with Crippen molar-refractivity contribution in [2.24, 2.45) is 0 Å². The van der Waals surface area contributed by atoms with E-state index in [4.69, 9.17) is 11.6 Å². The third-order valence-electron chi connectivity index (χ3n) is 4.13. The number of allylic oxidation sites excluding steroid dienone is 1. The molecule has 150 valence electrons. The second-order valence-electron chi connectivity index (χ2n) is 6.49. The quantitative estimate of drug-likeness (QED) is 0.421. The van der Waals surface area contributed by atoms with E-state index < -0.39 is 0 Å². The summed E-state index contributed by atoms with van der Waals surface area (Å²) in [4.78, 5) is 14.3. The molecule has 0 bridgehead atoms. The van der Waals surface area contributed by atoms with Crippen LogP contribution in [-0.2, 0) is 11.3 Å². The van der Waals surface area contributed by atoms with Crippen LogP contribution >= 0.6 is 23.4 Å². The van der Waals surface area contributed by atoms with Crippen LogP contribution in [0.5, 0.6) is 0 Å². The molecular formula is C21H22ClN5OS. The molecule has 0 saturated heterocycles. The molecule has 6 nitrogen and oxygen atoms in total. The molecule has 3 rings (SSSR count). The summed E-state index contributed by atoms with van der Waals surface area (Å²) >= 11 is 7.20. The molecule has 0 atom stereocenters. The van der Waals surface area contributed by atoms with Gasteiger partial charge in [-0.3, -0.25) is 9.36 Å². The highest BCUT2D eigenvalue weighted by Gasteiger charge is 2.15. The van der Waals surface area contributed by atoms with E-state index in [0.717, 1.165) is 17.1 Å². The van der Waals surface area contributed by atoms with Gasteiger partial charge in [-0.05, 0) is 48.5 Å². The standard InChI is InChI=1S/C21H22ClN5OS/c1-4-13-27-20(15-5-11-18(12-6-15)26(2)3)24-25-21(27)29-14-19(28)23-17-9-7-16(22)8-10-17/h4-12H,1,13-14H2,2-3H3,(H,23,28). The molecule has 0 aliphatic carbocycles. The summed E-state index contributed by atoms with van der Waals surface area (Å²) in [5, 5.41) is 12.8. The topological polar surface area (TPSA) is 63.1 Å². The maximum absolute atomic E-state index is 12.3. The first kappa shape index (κ1) is 21.0. The average molecular weight is 428 g/mol. The molecule has 3 aromatic rings. The van der Waals surface area contributed by atoms with E-state index >= 15 is 0 Å². The number of nitrogens with one attached hydrogen (secondary N) is 1. The molecule has 1 N–H and O–H groups in total. The molecule has 0 aliphatic heterocycles. The number of aromatic nitrogens is 3. The van der Waals surface area contributed by atoms with Gasteiger partial charge < -0.3 is 10.2 Å². The van der Waals surface area contributed by atoms with Crippen LogP contribution in [-0.4, -0.2) is 40.5 Å². The zero-order chi connectivity index (χ0) is 20.8. The summed E-state index contributed by atoms with van der Waals surface area (Å²) in [5.41, 5.74) is 2.77. The summed E-state index contributed by atoms with van der Waals surface area (Å²) in [6, 6.07) is 15.1. The summed E-state index contributed by atoms with van der Waals surface area (Å²) in [6.45, 7) is 4.38. The smallest absolute Gasteiger partial charge is 0.234 e. The van der Waals surface area contributed by atoms with Gasteiger partial charge in [0.1, 0.15) is 0 Å². The minimum Gasteiger partial charge on any atom is -0.378 e. The molecule has 1 aromatic heterocycles. The molecule has 0 fully saturated rings. The molecule has 0 saturated carbocycles. The van der Waals surface area contributed by atoms with Crippen molar-refractivity contribution >= 4 is 40.6 Å². The van der Waals surface area contributed by atoms with Crippen LogP contribution in [0.3, 0.4) is 0 Å². The van der Waals surface area contributed by atoms with Crippen LogP contribution in [0.4, 0.5) is 11.4 Å². The van der Waals surface area contributed by atoms with Gasteiger partial charge in [-0.1, -0.05) is 29.4 Å². The Hall–Kier alpha value is -2.77. The van der Waals surface area contributed by atoms with Crippen LogP contribution in [0.15, 0.2) is 66.3 Å². The van der Waals surface area contributed by atoms with Gasteiger partial charge in [-0.25, -0.2) is 0 Å². The van der Waals surface area contributed by atoms with Crippen molar-refractivity contribution in [3.63, 3.8) is 0 Å².